The molecule has 1 aromatic carbocycles. The summed E-state index contributed by atoms with van der Waals surface area (Å²) in [5.74, 6) is -0.199. The number of halogens is 2. The first-order valence-electron chi connectivity index (χ1n) is 6.63. The molecule has 1 aliphatic rings. The van der Waals surface area contributed by atoms with E-state index < -0.39 is 0 Å². The third-order valence-electron chi connectivity index (χ3n) is 3.29. The molecule has 0 saturated carbocycles. The van der Waals surface area contributed by atoms with Crippen molar-refractivity contribution in [3.8, 4) is 0 Å². The van der Waals surface area contributed by atoms with E-state index in [-0.39, 0.29) is 5.82 Å². The summed E-state index contributed by atoms with van der Waals surface area (Å²) in [5, 5.41) is 6.86. The van der Waals surface area contributed by atoms with Crippen molar-refractivity contribution in [2.24, 2.45) is 0 Å². The molecule has 0 aliphatic carbocycles. The average molecular weight is 331 g/mol. The molecule has 3 nitrogen and oxygen atoms in total. The number of rotatable bonds is 5. The molecule has 1 fully saturated rings. The molecule has 0 bridgehead atoms. The van der Waals surface area contributed by atoms with Gasteiger partial charge in [-0.2, -0.15) is 0 Å². The highest BCUT2D eigenvalue weighted by atomic mass is 79.9. The number of nitrogens with one attached hydrogen (secondary N) is 2. The second-order valence-corrected chi connectivity index (χ2v) is 5.83. The molecule has 5 heteroatoms. The molecular weight excluding hydrogens is 311 g/mol. The van der Waals surface area contributed by atoms with Crippen LogP contribution in [0, 0.1) is 5.82 Å². The topological polar surface area (TPSA) is 33.3 Å². The van der Waals surface area contributed by atoms with Crippen molar-refractivity contribution in [1.82, 2.24) is 10.6 Å². The van der Waals surface area contributed by atoms with Gasteiger partial charge in [-0.1, -0.05) is 15.9 Å². The lowest BCUT2D eigenvalue weighted by Gasteiger charge is -2.26. The van der Waals surface area contributed by atoms with Crippen LogP contribution in [0.1, 0.15) is 18.9 Å². The van der Waals surface area contributed by atoms with E-state index in [9.17, 15) is 4.39 Å². The van der Waals surface area contributed by atoms with Crippen molar-refractivity contribution in [1.29, 1.82) is 0 Å². The summed E-state index contributed by atoms with van der Waals surface area (Å²) in [6.07, 6.45) is 1.01. The van der Waals surface area contributed by atoms with Crippen molar-refractivity contribution in [2.75, 3.05) is 19.8 Å². The van der Waals surface area contributed by atoms with E-state index in [2.05, 4.69) is 33.5 Å². The van der Waals surface area contributed by atoms with Gasteiger partial charge in [0, 0.05) is 29.6 Å². The van der Waals surface area contributed by atoms with Crippen molar-refractivity contribution >= 4 is 15.9 Å². The number of hydrogen-bond acceptors (Lipinski definition) is 3. The van der Waals surface area contributed by atoms with Gasteiger partial charge in [0.15, 0.2) is 0 Å². The molecule has 2 N–H and O–H groups in total. The van der Waals surface area contributed by atoms with Crippen LogP contribution in [0.3, 0.4) is 0 Å². The van der Waals surface area contributed by atoms with Gasteiger partial charge in [-0.15, -0.1) is 0 Å². The SMILES string of the molecule is CC(CC1COCCN1)NCc1cc(F)ccc1Br. The summed E-state index contributed by atoms with van der Waals surface area (Å²) in [6, 6.07) is 5.53. The summed E-state index contributed by atoms with van der Waals surface area (Å²) in [5.41, 5.74) is 0.944. The molecule has 0 spiro atoms. The Labute approximate surface area is 122 Å². The van der Waals surface area contributed by atoms with Crippen molar-refractivity contribution < 1.29 is 9.13 Å². The quantitative estimate of drug-likeness (QED) is 0.870. The molecule has 2 rings (SSSR count). The number of ether oxygens (including phenoxy) is 1. The molecule has 19 heavy (non-hydrogen) atoms. The summed E-state index contributed by atoms with van der Waals surface area (Å²) in [7, 11) is 0. The fraction of sp³-hybridized carbons (Fsp3) is 0.571. The van der Waals surface area contributed by atoms with E-state index in [1.165, 1.54) is 6.07 Å². The van der Waals surface area contributed by atoms with E-state index in [4.69, 9.17) is 4.74 Å². The summed E-state index contributed by atoms with van der Waals surface area (Å²) >= 11 is 3.44. The first-order valence-corrected chi connectivity index (χ1v) is 7.43. The Kier molecular flexibility index (Phi) is 5.76. The first-order chi connectivity index (χ1) is 9.15. The van der Waals surface area contributed by atoms with E-state index >= 15 is 0 Å². The van der Waals surface area contributed by atoms with Crippen LogP contribution in [0.25, 0.3) is 0 Å². The lowest BCUT2D eigenvalue weighted by molar-refractivity contribution is 0.0712. The molecule has 2 unspecified atom stereocenters. The predicted octanol–water partition coefficient (Wildman–Crippen LogP) is 2.44. The maximum Gasteiger partial charge on any atom is 0.123 e. The van der Waals surface area contributed by atoms with Crippen LogP contribution >= 0.6 is 15.9 Å². The maximum atomic E-state index is 13.2. The van der Waals surface area contributed by atoms with Crippen molar-refractivity contribution in [3.63, 3.8) is 0 Å². The summed E-state index contributed by atoms with van der Waals surface area (Å²) in [4.78, 5) is 0. The Morgan fingerprint density at radius 2 is 2.42 bits per heavy atom. The Morgan fingerprint density at radius 3 is 3.16 bits per heavy atom. The molecule has 1 aromatic rings. The third kappa shape index (κ3) is 4.84. The Morgan fingerprint density at radius 1 is 1.58 bits per heavy atom. The number of hydrogen-bond donors (Lipinski definition) is 2. The molecular formula is C14H20BrFN2O. The van der Waals surface area contributed by atoms with E-state index in [0.717, 1.165) is 36.2 Å². The van der Waals surface area contributed by atoms with Crippen LogP contribution in [0.5, 0.6) is 0 Å². The zero-order valence-corrected chi connectivity index (χ0v) is 12.7. The fourth-order valence-electron chi connectivity index (χ4n) is 2.24. The molecule has 2 atom stereocenters. The predicted molar refractivity (Wildman–Crippen MR) is 77.6 cm³/mol. The Hall–Kier alpha value is -0.490. The Balaban J connectivity index is 1.79. The zero-order valence-electron chi connectivity index (χ0n) is 11.1. The van der Waals surface area contributed by atoms with Crippen LogP contribution in [0.2, 0.25) is 0 Å². The van der Waals surface area contributed by atoms with Gasteiger partial charge in [0.25, 0.3) is 0 Å². The smallest absolute Gasteiger partial charge is 0.123 e. The summed E-state index contributed by atoms with van der Waals surface area (Å²) in [6.45, 7) is 5.30. The molecule has 0 aromatic heterocycles. The number of benzene rings is 1. The maximum absolute atomic E-state index is 13.2. The molecule has 1 heterocycles. The van der Waals surface area contributed by atoms with E-state index in [1.807, 2.05) is 0 Å². The highest BCUT2D eigenvalue weighted by molar-refractivity contribution is 9.10. The first kappa shape index (κ1) is 14.9. The molecule has 1 saturated heterocycles. The lowest BCUT2D eigenvalue weighted by atomic mass is 10.1. The second-order valence-electron chi connectivity index (χ2n) is 4.98. The van der Waals surface area contributed by atoms with E-state index in [1.54, 1.807) is 12.1 Å². The van der Waals surface area contributed by atoms with Gasteiger partial charge >= 0.3 is 0 Å². The standard InChI is InChI=1S/C14H20BrFN2O/c1-10(6-13-9-19-5-4-17-13)18-8-11-7-12(16)2-3-14(11)15/h2-3,7,10,13,17-18H,4-6,8-9H2,1H3. The molecule has 0 radical (unpaired) electrons. The highest BCUT2D eigenvalue weighted by Crippen LogP contribution is 2.18. The fourth-order valence-corrected chi connectivity index (χ4v) is 2.63. The largest absolute Gasteiger partial charge is 0.379 e. The van der Waals surface area contributed by atoms with Crippen LogP contribution in [0.15, 0.2) is 22.7 Å². The van der Waals surface area contributed by atoms with Gasteiger partial charge in [-0.25, -0.2) is 4.39 Å². The van der Waals surface area contributed by atoms with E-state index in [0.29, 0.717) is 18.6 Å². The van der Waals surface area contributed by atoms with Crippen molar-refractivity contribution in [2.45, 2.75) is 32.0 Å². The van der Waals surface area contributed by atoms with Crippen LogP contribution < -0.4 is 10.6 Å². The zero-order chi connectivity index (χ0) is 13.7. The lowest BCUT2D eigenvalue weighted by Crippen LogP contribution is -2.44. The van der Waals surface area contributed by atoms with Gasteiger partial charge in [0.2, 0.25) is 0 Å². The van der Waals surface area contributed by atoms with Crippen LogP contribution in [0.4, 0.5) is 4.39 Å². The third-order valence-corrected chi connectivity index (χ3v) is 4.06. The van der Waals surface area contributed by atoms with Crippen LogP contribution in [-0.4, -0.2) is 31.8 Å². The molecule has 106 valence electrons. The highest BCUT2D eigenvalue weighted by Gasteiger charge is 2.16. The molecule has 0 amide bonds. The van der Waals surface area contributed by atoms with Gasteiger partial charge in [-0.3, -0.25) is 0 Å². The minimum Gasteiger partial charge on any atom is -0.379 e. The normalized spacial score (nSPS) is 21.3. The summed E-state index contributed by atoms with van der Waals surface area (Å²) < 4.78 is 19.5. The van der Waals surface area contributed by atoms with Gasteiger partial charge < -0.3 is 15.4 Å². The minimum atomic E-state index is -0.199. The monoisotopic (exact) mass is 330 g/mol. The van der Waals surface area contributed by atoms with Crippen LogP contribution in [-0.2, 0) is 11.3 Å². The van der Waals surface area contributed by atoms with Gasteiger partial charge in [-0.05, 0) is 37.1 Å². The number of morpholine rings is 1. The molecule has 1 aliphatic heterocycles. The van der Waals surface area contributed by atoms with Gasteiger partial charge in [0.1, 0.15) is 5.82 Å². The Bertz CT molecular complexity index is 410. The average Bonchev–Trinajstić information content (AvgIpc) is 2.41. The minimum absolute atomic E-state index is 0.199. The van der Waals surface area contributed by atoms with Crippen molar-refractivity contribution in [3.05, 3.63) is 34.1 Å². The van der Waals surface area contributed by atoms with Gasteiger partial charge in [0.05, 0.1) is 13.2 Å². The second kappa shape index (κ2) is 7.33.